The molecule has 2 aromatic heterocycles. The van der Waals surface area contributed by atoms with Gasteiger partial charge in [-0.3, -0.25) is 9.59 Å². The molecule has 0 atom stereocenters. The van der Waals surface area contributed by atoms with Crippen LogP contribution in [0.1, 0.15) is 32.7 Å². The van der Waals surface area contributed by atoms with Crippen LogP contribution >= 0.6 is 22.9 Å². The first-order valence-electron chi connectivity index (χ1n) is 8.06. The molecule has 5 nitrogen and oxygen atoms in total. The zero-order chi connectivity index (χ0) is 18.5. The van der Waals surface area contributed by atoms with Crippen molar-refractivity contribution in [2.75, 3.05) is 11.9 Å². The van der Waals surface area contributed by atoms with E-state index in [0.29, 0.717) is 28.0 Å². The van der Waals surface area contributed by atoms with Crippen LogP contribution in [0.5, 0.6) is 0 Å². The molecule has 0 spiro atoms. The number of carbonyl (C=O) groups is 2. The molecule has 1 N–H and O–H groups in total. The van der Waals surface area contributed by atoms with Gasteiger partial charge in [0.25, 0.3) is 11.8 Å². The molecule has 3 aromatic rings. The van der Waals surface area contributed by atoms with E-state index in [-0.39, 0.29) is 17.6 Å². The van der Waals surface area contributed by atoms with E-state index >= 15 is 0 Å². The van der Waals surface area contributed by atoms with Gasteiger partial charge < -0.3 is 14.6 Å². The van der Waals surface area contributed by atoms with E-state index in [4.69, 9.17) is 16.0 Å². The molecule has 0 aliphatic rings. The lowest BCUT2D eigenvalue weighted by Crippen LogP contribution is -2.29. The maximum Gasteiger partial charge on any atom is 0.291 e. The number of thiophene rings is 1. The second-order valence-corrected chi connectivity index (χ2v) is 7.00. The summed E-state index contributed by atoms with van der Waals surface area (Å²) in [6.45, 7) is 2.90. The highest BCUT2D eigenvalue weighted by molar-refractivity contribution is 7.18. The third-order valence-corrected chi connectivity index (χ3v) is 5.14. The molecule has 0 radical (unpaired) electrons. The summed E-state index contributed by atoms with van der Waals surface area (Å²) < 4.78 is 5.06. The van der Waals surface area contributed by atoms with Gasteiger partial charge in [0.1, 0.15) is 0 Å². The first-order valence-corrected chi connectivity index (χ1v) is 9.25. The highest BCUT2D eigenvalue weighted by Gasteiger charge is 2.19. The molecular weight excluding hydrogens is 372 g/mol. The SMILES string of the molecule is CCN(Cc1ccccc1Cl)C(=O)c1ccc(NC(=O)c2ccco2)s1. The van der Waals surface area contributed by atoms with Crippen molar-refractivity contribution in [3.63, 3.8) is 0 Å². The summed E-state index contributed by atoms with van der Waals surface area (Å²) in [6.07, 6.45) is 1.44. The number of nitrogens with zero attached hydrogens (tertiary/aromatic N) is 1. The average molecular weight is 389 g/mol. The summed E-state index contributed by atoms with van der Waals surface area (Å²) in [6, 6.07) is 14.1. The lowest BCUT2D eigenvalue weighted by atomic mass is 10.2. The summed E-state index contributed by atoms with van der Waals surface area (Å²) in [5.41, 5.74) is 0.896. The Morgan fingerprint density at radius 2 is 1.96 bits per heavy atom. The van der Waals surface area contributed by atoms with Crippen molar-refractivity contribution in [3.05, 3.63) is 76.0 Å². The second-order valence-electron chi connectivity index (χ2n) is 5.51. The average Bonchev–Trinajstić information content (AvgIpc) is 3.32. The molecule has 0 unspecified atom stereocenters. The molecule has 0 aliphatic carbocycles. The van der Waals surface area contributed by atoms with Crippen LogP contribution in [-0.2, 0) is 6.54 Å². The fourth-order valence-corrected chi connectivity index (χ4v) is 3.48. The molecule has 26 heavy (non-hydrogen) atoms. The van der Waals surface area contributed by atoms with E-state index < -0.39 is 0 Å². The number of furan rings is 1. The molecule has 1 aromatic carbocycles. The van der Waals surface area contributed by atoms with Gasteiger partial charge in [-0.05, 0) is 42.8 Å². The van der Waals surface area contributed by atoms with Crippen LogP contribution in [0.15, 0.2) is 59.2 Å². The number of anilines is 1. The van der Waals surface area contributed by atoms with Crippen LogP contribution in [0.2, 0.25) is 5.02 Å². The monoisotopic (exact) mass is 388 g/mol. The second kappa shape index (κ2) is 8.21. The number of hydrogen-bond donors (Lipinski definition) is 1. The minimum atomic E-state index is -0.348. The number of carbonyl (C=O) groups excluding carboxylic acids is 2. The van der Waals surface area contributed by atoms with E-state index in [0.717, 1.165) is 5.56 Å². The predicted octanol–water partition coefficient (Wildman–Crippen LogP) is 4.91. The Morgan fingerprint density at radius 3 is 2.65 bits per heavy atom. The summed E-state index contributed by atoms with van der Waals surface area (Å²) in [7, 11) is 0. The van der Waals surface area contributed by atoms with E-state index in [1.54, 1.807) is 29.2 Å². The standard InChI is InChI=1S/C19H17ClN2O3S/c1-2-22(12-13-6-3-4-7-14(13)20)19(24)16-9-10-17(26-16)21-18(23)15-8-5-11-25-15/h3-11H,2,12H2,1H3,(H,21,23). The lowest BCUT2D eigenvalue weighted by molar-refractivity contribution is 0.0757. The number of nitrogens with one attached hydrogen (secondary N) is 1. The molecular formula is C19H17ClN2O3S. The normalized spacial score (nSPS) is 10.5. The van der Waals surface area contributed by atoms with Gasteiger partial charge in [-0.1, -0.05) is 29.8 Å². The number of halogens is 1. The van der Waals surface area contributed by atoms with Gasteiger partial charge in [0.15, 0.2) is 5.76 Å². The molecule has 0 saturated heterocycles. The van der Waals surface area contributed by atoms with Crippen molar-refractivity contribution < 1.29 is 14.0 Å². The van der Waals surface area contributed by atoms with Crippen molar-refractivity contribution in [3.8, 4) is 0 Å². The Kier molecular flexibility index (Phi) is 5.75. The largest absolute Gasteiger partial charge is 0.459 e. The Bertz CT molecular complexity index is 905. The summed E-state index contributed by atoms with van der Waals surface area (Å²) in [5.74, 6) is -0.227. The van der Waals surface area contributed by atoms with Crippen molar-refractivity contribution in [1.82, 2.24) is 4.90 Å². The van der Waals surface area contributed by atoms with Gasteiger partial charge in [0, 0.05) is 18.1 Å². The summed E-state index contributed by atoms with van der Waals surface area (Å²) >= 11 is 7.42. The Balaban J connectivity index is 1.70. The van der Waals surface area contributed by atoms with Crippen molar-refractivity contribution in [1.29, 1.82) is 0 Å². The van der Waals surface area contributed by atoms with Crippen LogP contribution in [0.25, 0.3) is 0 Å². The molecule has 134 valence electrons. The number of benzene rings is 1. The van der Waals surface area contributed by atoms with Gasteiger partial charge in [-0.25, -0.2) is 0 Å². The first-order chi connectivity index (χ1) is 12.6. The lowest BCUT2D eigenvalue weighted by Gasteiger charge is -2.20. The smallest absolute Gasteiger partial charge is 0.291 e. The van der Waals surface area contributed by atoms with Crippen LogP contribution in [0, 0.1) is 0 Å². The molecule has 0 aliphatic heterocycles. The quantitative estimate of drug-likeness (QED) is 0.652. The molecule has 2 heterocycles. The minimum absolute atomic E-state index is 0.101. The van der Waals surface area contributed by atoms with E-state index in [1.807, 2.05) is 31.2 Å². The van der Waals surface area contributed by atoms with Gasteiger partial charge in [-0.2, -0.15) is 0 Å². The van der Waals surface area contributed by atoms with Gasteiger partial charge in [0.2, 0.25) is 0 Å². The maximum atomic E-state index is 12.8. The van der Waals surface area contributed by atoms with E-state index in [9.17, 15) is 9.59 Å². The van der Waals surface area contributed by atoms with Gasteiger partial charge in [-0.15, -0.1) is 11.3 Å². The molecule has 0 fully saturated rings. The fourth-order valence-electron chi connectivity index (χ4n) is 2.42. The van der Waals surface area contributed by atoms with Crippen LogP contribution in [0.3, 0.4) is 0 Å². The zero-order valence-electron chi connectivity index (χ0n) is 14.1. The van der Waals surface area contributed by atoms with Crippen molar-refractivity contribution in [2.45, 2.75) is 13.5 Å². The van der Waals surface area contributed by atoms with Gasteiger partial charge in [0.05, 0.1) is 16.1 Å². The van der Waals surface area contributed by atoms with Gasteiger partial charge >= 0.3 is 0 Å². The predicted molar refractivity (Wildman–Crippen MR) is 103 cm³/mol. The van der Waals surface area contributed by atoms with Crippen molar-refractivity contribution in [2.24, 2.45) is 0 Å². The van der Waals surface area contributed by atoms with Crippen LogP contribution in [0.4, 0.5) is 5.00 Å². The van der Waals surface area contributed by atoms with E-state index in [1.165, 1.54) is 17.6 Å². The van der Waals surface area contributed by atoms with Crippen molar-refractivity contribution >= 4 is 39.8 Å². The highest BCUT2D eigenvalue weighted by Crippen LogP contribution is 2.25. The molecule has 3 rings (SSSR count). The third-order valence-electron chi connectivity index (χ3n) is 3.79. The Hall–Kier alpha value is -2.57. The zero-order valence-corrected chi connectivity index (χ0v) is 15.6. The first kappa shape index (κ1) is 18.2. The molecule has 7 heteroatoms. The number of hydrogen-bond acceptors (Lipinski definition) is 4. The molecule has 2 amide bonds. The fraction of sp³-hybridized carbons (Fsp3) is 0.158. The van der Waals surface area contributed by atoms with E-state index in [2.05, 4.69) is 5.32 Å². The van der Waals surface area contributed by atoms with Crippen LogP contribution < -0.4 is 5.32 Å². The number of rotatable bonds is 6. The number of amides is 2. The summed E-state index contributed by atoms with van der Waals surface area (Å²) in [4.78, 5) is 27.1. The Labute approximate surface area is 160 Å². The van der Waals surface area contributed by atoms with Crippen LogP contribution in [-0.4, -0.2) is 23.3 Å². The Morgan fingerprint density at radius 1 is 1.15 bits per heavy atom. The third kappa shape index (κ3) is 4.15. The molecule has 0 saturated carbocycles. The minimum Gasteiger partial charge on any atom is -0.459 e. The molecule has 0 bridgehead atoms. The summed E-state index contributed by atoms with van der Waals surface area (Å²) in [5, 5.41) is 3.95. The maximum absolute atomic E-state index is 12.8. The highest BCUT2D eigenvalue weighted by atomic mass is 35.5. The topological polar surface area (TPSA) is 62.6 Å².